The molecule has 7 heteroatoms. The predicted molar refractivity (Wildman–Crippen MR) is 58.5 cm³/mol. The van der Waals surface area contributed by atoms with Gasteiger partial charge in [-0.2, -0.15) is 0 Å². The first kappa shape index (κ1) is 12.2. The summed E-state index contributed by atoms with van der Waals surface area (Å²) in [7, 11) is -3.24. The lowest BCUT2D eigenvalue weighted by atomic mass is 10.3. The molecule has 0 radical (unpaired) electrons. The highest BCUT2D eigenvalue weighted by atomic mass is 32.2. The van der Waals surface area contributed by atoms with Gasteiger partial charge in [0.2, 0.25) is 0 Å². The first-order valence-corrected chi connectivity index (χ1v) is 6.11. The number of nitrogens with zero attached hydrogens (tertiary/aromatic N) is 1. The Labute approximate surface area is 92.5 Å². The summed E-state index contributed by atoms with van der Waals surface area (Å²) in [4.78, 5) is 11.1. The van der Waals surface area contributed by atoms with Crippen LogP contribution in [0.3, 0.4) is 0 Å². The summed E-state index contributed by atoms with van der Waals surface area (Å²) in [5.74, 6) is -0.602. The van der Waals surface area contributed by atoms with Crippen LogP contribution < -0.4 is 5.32 Å². The van der Waals surface area contributed by atoms with Gasteiger partial charge in [0.25, 0.3) is 5.91 Å². The summed E-state index contributed by atoms with van der Waals surface area (Å²) >= 11 is 0. The van der Waals surface area contributed by atoms with Crippen molar-refractivity contribution in [1.29, 1.82) is 0 Å². The van der Waals surface area contributed by atoms with Gasteiger partial charge in [0, 0.05) is 11.9 Å². The van der Waals surface area contributed by atoms with Crippen LogP contribution in [-0.2, 0) is 14.6 Å². The molecule has 6 nitrogen and oxygen atoms in total. The molecule has 0 saturated heterocycles. The van der Waals surface area contributed by atoms with Gasteiger partial charge in [-0.05, 0) is 24.3 Å². The van der Waals surface area contributed by atoms with Gasteiger partial charge in [-0.25, -0.2) is 8.42 Å². The fourth-order valence-electron chi connectivity index (χ4n) is 1.01. The average Bonchev–Trinajstić information content (AvgIpc) is 2.17. The van der Waals surface area contributed by atoms with Crippen LogP contribution >= 0.6 is 0 Å². The van der Waals surface area contributed by atoms with Crippen molar-refractivity contribution >= 4 is 27.6 Å². The maximum Gasteiger partial charge on any atom is 0.270 e. The Morgan fingerprint density at radius 1 is 1.38 bits per heavy atom. The summed E-state index contributed by atoms with van der Waals surface area (Å²) in [6.07, 6.45) is 1.80. The van der Waals surface area contributed by atoms with Crippen molar-refractivity contribution in [2.24, 2.45) is 5.16 Å². The number of nitrogens with one attached hydrogen (secondary N) is 1. The zero-order valence-corrected chi connectivity index (χ0v) is 9.23. The Hall–Kier alpha value is -1.89. The molecule has 1 amide bonds. The second-order valence-electron chi connectivity index (χ2n) is 3.03. The van der Waals surface area contributed by atoms with E-state index < -0.39 is 15.7 Å². The number of carbonyl (C=O) groups excluding carboxylic acids is 1. The summed E-state index contributed by atoms with van der Waals surface area (Å²) < 4.78 is 22.3. The molecule has 0 saturated carbocycles. The van der Waals surface area contributed by atoms with Crippen molar-refractivity contribution in [3.8, 4) is 0 Å². The fraction of sp³-hybridized carbons (Fsp3) is 0.111. The zero-order valence-electron chi connectivity index (χ0n) is 8.41. The lowest BCUT2D eigenvalue weighted by Gasteiger charge is -2.02. The molecule has 0 bridgehead atoms. The van der Waals surface area contributed by atoms with Crippen molar-refractivity contribution in [1.82, 2.24) is 0 Å². The topological polar surface area (TPSA) is 95.8 Å². The molecular formula is C9H10N2O4S. The van der Waals surface area contributed by atoms with Crippen LogP contribution in [0.1, 0.15) is 0 Å². The number of amides is 1. The first-order chi connectivity index (χ1) is 7.43. The minimum atomic E-state index is -3.24. The van der Waals surface area contributed by atoms with Gasteiger partial charge >= 0.3 is 0 Å². The fourth-order valence-corrected chi connectivity index (χ4v) is 1.64. The SMILES string of the molecule is CS(=O)(=O)c1ccc(NC(=O)/C=N/O)cc1. The lowest BCUT2D eigenvalue weighted by molar-refractivity contribution is -0.110. The molecule has 0 aliphatic carbocycles. The van der Waals surface area contributed by atoms with Crippen LogP contribution in [0.15, 0.2) is 34.3 Å². The Morgan fingerprint density at radius 2 is 1.94 bits per heavy atom. The maximum atomic E-state index is 11.1. The molecule has 16 heavy (non-hydrogen) atoms. The second kappa shape index (κ2) is 4.75. The van der Waals surface area contributed by atoms with Gasteiger partial charge < -0.3 is 10.5 Å². The van der Waals surface area contributed by atoms with E-state index in [4.69, 9.17) is 5.21 Å². The standard InChI is InChI=1S/C9H10N2O4S/c1-16(14,15)8-4-2-7(3-5-8)11-9(12)6-10-13/h2-6,13H,1H3,(H,11,12)/b10-6+. The van der Waals surface area contributed by atoms with Gasteiger partial charge in [0.05, 0.1) is 4.90 Å². The highest BCUT2D eigenvalue weighted by Gasteiger charge is 2.06. The van der Waals surface area contributed by atoms with Crippen molar-refractivity contribution in [2.45, 2.75) is 4.90 Å². The van der Waals surface area contributed by atoms with Crippen molar-refractivity contribution in [3.05, 3.63) is 24.3 Å². The lowest BCUT2D eigenvalue weighted by Crippen LogP contribution is -2.12. The molecule has 1 aromatic rings. The van der Waals surface area contributed by atoms with Gasteiger partial charge in [-0.15, -0.1) is 0 Å². The third-order valence-corrected chi connectivity index (χ3v) is 2.85. The van der Waals surface area contributed by atoms with Crippen LogP contribution in [0.25, 0.3) is 0 Å². The van der Waals surface area contributed by atoms with E-state index >= 15 is 0 Å². The van der Waals surface area contributed by atoms with E-state index in [1.54, 1.807) is 0 Å². The molecule has 1 rings (SSSR count). The van der Waals surface area contributed by atoms with Gasteiger partial charge in [0.15, 0.2) is 9.84 Å². The monoisotopic (exact) mass is 242 g/mol. The molecular weight excluding hydrogens is 232 g/mol. The molecule has 86 valence electrons. The number of hydrogen-bond acceptors (Lipinski definition) is 5. The average molecular weight is 242 g/mol. The summed E-state index contributed by atoms with van der Waals surface area (Å²) in [6, 6.07) is 5.64. The molecule has 0 aliphatic heterocycles. The minimum Gasteiger partial charge on any atom is -0.411 e. The first-order valence-electron chi connectivity index (χ1n) is 4.22. The van der Waals surface area contributed by atoms with E-state index in [-0.39, 0.29) is 4.90 Å². The van der Waals surface area contributed by atoms with Crippen molar-refractivity contribution in [2.75, 3.05) is 11.6 Å². The Morgan fingerprint density at radius 3 is 2.38 bits per heavy atom. The number of anilines is 1. The Kier molecular flexibility index (Phi) is 3.62. The normalized spacial score (nSPS) is 11.6. The number of oxime groups is 1. The molecule has 2 N–H and O–H groups in total. The zero-order chi connectivity index (χ0) is 12.2. The van der Waals surface area contributed by atoms with E-state index in [1.807, 2.05) is 0 Å². The quantitative estimate of drug-likeness (QED) is 0.458. The van der Waals surface area contributed by atoms with Gasteiger partial charge in [-0.3, -0.25) is 4.79 Å². The summed E-state index contributed by atoms with van der Waals surface area (Å²) in [5.41, 5.74) is 0.414. The molecule has 0 unspecified atom stereocenters. The molecule has 0 fully saturated rings. The van der Waals surface area contributed by atoms with Crippen LogP contribution in [0.5, 0.6) is 0 Å². The Balaban J connectivity index is 2.84. The van der Waals surface area contributed by atoms with Crippen LogP contribution in [-0.4, -0.2) is 32.0 Å². The predicted octanol–water partition coefficient (Wildman–Crippen LogP) is 0.489. The molecule has 0 heterocycles. The van der Waals surface area contributed by atoms with Crippen LogP contribution in [0.4, 0.5) is 5.69 Å². The summed E-state index contributed by atoms with van der Waals surface area (Å²) in [6.45, 7) is 0. The van der Waals surface area contributed by atoms with Crippen LogP contribution in [0, 0.1) is 0 Å². The summed E-state index contributed by atoms with van der Waals surface area (Å²) in [5, 5.41) is 13.0. The van der Waals surface area contributed by atoms with Crippen molar-refractivity contribution < 1.29 is 18.4 Å². The van der Waals surface area contributed by atoms with E-state index in [1.165, 1.54) is 24.3 Å². The smallest absolute Gasteiger partial charge is 0.270 e. The maximum absolute atomic E-state index is 11.1. The second-order valence-corrected chi connectivity index (χ2v) is 5.05. The highest BCUT2D eigenvalue weighted by Crippen LogP contribution is 2.13. The van der Waals surface area contributed by atoms with E-state index in [9.17, 15) is 13.2 Å². The van der Waals surface area contributed by atoms with E-state index in [2.05, 4.69) is 10.5 Å². The van der Waals surface area contributed by atoms with E-state index in [0.29, 0.717) is 11.9 Å². The molecule has 0 aromatic heterocycles. The van der Waals surface area contributed by atoms with Crippen LogP contribution in [0.2, 0.25) is 0 Å². The highest BCUT2D eigenvalue weighted by molar-refractivity contribution is 7.90. The molecule has 0 spiro atoms. The third-order valence-electron chi connectivity index (χ3n) is 1.72. The molecule has 0 atom stereocenters. The minimum absolute atomic E-state index is 0.168. The number of rotatable bonds is 3. The number of carbonyl (C=O) groups is 1. The van der Waals surface area contributed by atoms with Gasteiger partial charge in [0.1, 0.15) is 6.21 Å². The number of hydrogen-bond donors (Lipinski definition) is 2. The number of sulfone groups is 1. The largest absolute Gasteiger partial charge is 0.411 e. The molecule has 0 aliphatic rings. The van der Waals surface area contributed by atoms with Gasteiger partial charge in [-0.1, -0.05) is 5.16 Å². The third kappa shape index (κ3) is 3.35. The Bertz CT molecular complexity index is 505. The van der Waals surface area contributed by atoms with E-state index in [0.717, 1.165) is 6.26 Å². The number of benzene rings is 1. The van der Waals surface area contributed by atoms with Crippen molar-refractivity contribution in [3.63, 3.8) is 0 Å². The molecule has 1 aromatic carbocycles.